The van der Waals surface area contributed by atoms with Gasteiger partial charge >= 0.3 is 0 Å². The molecular weight excluding hydrogens is 262 g/mol. The molecule has 21 heavy (non-hydrogen) atoms. The first-order valence-electron chi connectivity index (χ1n) is 7.36. The van der Waals surface area contributed by atoms with Gasteiger partial charge in [0.2, 0.25) is 5.88 Å². The summed E-state index contributed by atoms with van der Waals surface area (Å²) >= 11 is 0. The quantitative estimate of drug-likeness (QED) is 0.934. The molecule has 4 heteroatoms. The molecule has 2 heterocycles. The van der Waals surface area contributed by atoms with Crippen molar-refractivity contribution in [3.63, 3.8) is 0 Å². The van der Waals surface area contributed by atoms with Crippen LogP contribution in [0, 0.1) is 0 Å². The Kier molecular flexibility index (Phi) is 4.48. The van der Waals surface area contributed by atoms with Gasteiger partial charge in [0, 0.05) is 38.3 Å². The van der Waals surface area contributed by atoms with E-state index in [1.165, 1.54) is 5.56 Å². The number of aromatic nitrogens is 1. The topological polar surface area (TPSA) is 37.4 Å². The Morgan fingerprint density at radius 3 is 2.86 bits per heavy atom. The fourth-order valence-corrected chi connectivity index (χ4v) is 2.75. The molecule has 1 aliphatic rings. The van der Waals surface area contributed by atoms with E-state index in [4.69, 9.17) is 4.74 Å². The monoisotopic (exact) mass is 283 g/mol. The number of benzene rings is 1. The van der Waals surface area contributed by atoms with Crippen LogP contribution < -0.4 is 10.1 Å². The van der Waals surface area contributed by atoms with Gasteiger partial charge in [-0.15, -0.1) is 0 Å². The molecule has 1 atom stereocenters. The second-order valence-electron chi connectivity index (χ2n) is 5.32. The van der Waals surface area contributed by atoms with Gasteiger partial charge in [0.25, 0.3) is 0 Å². The summed E-state index contributed by atoms with van der Waals surface area (Å²) in [6, 6.07) is 17.0. The number of rotatable bonds is 4. The molecule has 1 aromatic heterocycles. The Balaban J connectivity index is 1.66. The van der Waals surface area contributed by atoms with Crippen LogP contribution in [0.3, 0.4) is 0 Å². The van der Waals surface area contributed by atoms with Crippen molar-refractivity contribution in [3.8, 4) is 5.88 Å². The molecule has 3 rings (SSSR count). The molecule has 1 aliphatic heterocycles. The van der Waals surface area contributed by atoms with E-state index in [1.807, 2.05) is 12.1 Å². The van der Waals surface area contributed by atoms with Gasteiger partial charge in [0.1, 0.15) is 0 Å². The molecule has 1 aromatic carbocycles. The second-order valence-corrected chi connectivity index (χ2v) is 5.32. The highest BCUT2D eigenvalue weighted by Gasteiger charge is 2.20. The number of methoxy groups -OCH3 is 1. The van der Waals surface area contributed by atoms with Crippen LogP contribution in [-0.4, -0.2) is 36.6 Å². The number of hydrogen-bond donors (Lipinski definition) is 1. The number of ether oxygens (including phenoxy) is 1. The molecule has 1 N–H and O–H groups in total. The summed E-state index contributed by atoms with van der Waals surface area (Å²) in [5.74, 6) is 0.683. The normalized spacial score (nSPS) is 19.4. The minimum atomic E-state index is 0.394. The first kappa shape index (κ1) is 14.0. The SMILES string of the molecule is COc1cccc(CN2CCNC(c3ccccc3)C2)n1. The molecule has 0 bridgehead atoms. The predicted molar refractivity (Wildman–Crippen MR) is 83.3 cm³/mol. The average molecular weight is 283 g/mol. The van der Waals surface area contributed by atoms with Gasteiger partial charge < -0.3 is 10.1 Å². The number of piperazine rings is 1. The summed E-state index contributed by atoms with van der Waals surface area (Å²) in [7, 11) is 1.66. The third-order valence-corrected chi connectivity index (χ3v) is 3.84. The summed E-state index contributed by atoms with van der Waals surface area (Å²) in [4.78, 5) is 6.94. The first-order valence-corrected chi connectivity index (χ1v) is 7.36. The number of nitrogens with one attached hydrogen (secondary N) is 1. The van der Waals surface area contributed by atoms with Crippen molar-refractivity contribution in [2.75, 3.05) is 26.7 Å². The fourth-order valence-electron chi connectivity index (χ4n) is 2.75. The zero-order valence-electron chi connectivity index (χ0n) is 12.3. The van der Waals surface area contributed by atoms with Gasteiger partial charge in [-0.2, -0.15) is 0 Å². The van der Waals surface area contributed by atoms with Gasteiger partial charge in [0.15, 0.2) is 0 Å². The van der Waals surface area contributed by atoms with E-state index >= 15 is 0 Å². The molecule has 0 saturated carbocycles. The lowest BCUT2D eigenvalue weighted by atomic mass is 10.0. The Morgan fingerprint density at radius 1 is 1.19 bits per heavy atom. The molecule has 4 nitrogen and oxygen atoms in total. The van der Waals surface area contributed by atoms with Crippen molar-refractivity contribution in [1.29, 1.82) is 0 Å². The number of hydrogen-bond acceptors (Lipinski definition) is 4. The summed E-state index contributed by atoms with van der Waals surface area (Å²) in [5.41, 5.74) is 2.41. The van der Waals surface area contributed by atoms with Crippen molar-refractivity contribution in [1.82, 2.24) is 15.2 Å². The maximum Gasteiger partial charge on any atom is 0.213 e. The molecule has 1 fully saturated rings. The summed E-state index contributed by atoms with van der Waals surface area (Å²) < 4.78 is 5.19. The smallest absolute Gasteiger partial charge is 0.213 e. The molecule has 0 amide bonds. The minimum absolute atomic E-state index is 0.394. The third kappa shape index (κ3) is 3.60. The first-order chi connectivity index (χ1) is 10.3. The average Bonchev–Trinajstić information content (AvgIpc) is 2.56. The highest BCUT2D eigenvalue weighted by atomic mass is 16.5. The molecule has 0 aliphatic carbocycles. The van der Waals surface area contributed by atoms with Gasteiger partial charge in [-0.3, -0.25) is 4.90 Å². The molecule has 110 valence electrons. The third-order valence-electron chi connectivity index (χ3n) is 3.84. The zero-order chi connectivity index (χ0) is 14.5. The minimum Gasteiger partial charge on any atom is -0.481 e. The largest absolute Gasteiger partial charge is 0.481 e. The summed E-state index contributed by atoms with van der Waals surface area (Å²) in [6.07, 6.45) is 0. The van der Waals surface area contributed by atoms with Crippen molar-refractivity contribution in [2.24, 2.45) is 0 Å². The van der Waals surface area contributed by atoms with Crippen LogP contribution in [-0.2, 0) is 6.54 Å². The molecule has 0 radical (unpaired) electrons. The lowest BCUT2D eigenvalue weighted by molar-refractivity contribution is 0.191. The molecule has 0 spiro atoms. The molecular formula is C17H21N3O. The van der Waals surface area contributed by atoms with E-state index in [0.717, 1.165) is 31.9 Å². The Morgan fingerprint density at radius 2 is 2.05 bits per heavy atom. The number of nitrogens with zero attached hydrogens (tertiary/aromatic N) is 2. The Hall–Kier alpha value is -1.91. The Bertz CT molecular complexity index is 573. The fraction of sp³-hybridized carbons (Fsp3) is 0.353. The van der Waals surface area contributed by atoms with E-state index < -0.39 is 0 Å². The second kappa shape index (κ2) is 6.70. The Labute approximate surface area is 125 Å². The van der Waals surface area contributed by atoms with E-state index in [-0.39, 0.29) is 0 Å². The van der Waals surface area contributed by atoms with Crippen LogP contribution >= 0.6 is 0 Å². The van der Waals surface area contributed by atoms with Gasteiger partial charge in [0.05, 0.1) is 12.8 Å². The van der Waals surface area contributed by atoms with Crippen LogP contribution in [0.5, 0.6) is 5.88 Å². The van der Waals surface area contributed by atoms with Gasteiger partial charge in [-0.25, -0.2) is 4.98 Å². The van der Waals surface area contributed by atoms with E-state index in [9.17, 15) is 0 Å². The van der Waals surface area contributed by atoms with E-state index in [1.54, 1.807) is 7.11 Å². The lowest BCUT2D eigenvalue weighted by Crippen LogP contribution is -2.45. The van der Waals surface area contributed by atoms with Crippen LogP contribution in [0.15, 0.2) is 48.5 Å². The van der Waals surface area contributed by atoms with Crippen LogP contribution in [0.4, 0.5) is 0 Å². The van der Waals surface area contributed by atoms with Crippen molar-refractivity contribution < 1.29 is 4.74 Å². The molecule has 2 aromatic rings. The maximum atomic E-state index is 5.19. The van der Waals surface area contributed by atoms with Crippen molar-refractivity contribution >= 4 is 0 Å². The molecule has 1 unspecified atom stereocenters. The van der Waals surface area contributed by atoms with Crippen LogP contribution in [0.2, 0.25) is 0 Å². The summed E-state index contributed by atoms with van der Waals surface area (Å²) in [6.45, 7) is 3.91. The van der Waals surface area contributed by atoms with Crippen LogP contribution in [0.1, 0.15) is 17.3 Å². The van der Waals surface area contributed by atoms with Crippen molar-refractivity contribution in [3.05, 3.63) is 59.8 Å². The van der Waals surface area contributed by atoms with Crippen LogP contribution in [0.25, 0.3) is 0 Å². The maximum absolute atomic E-state index is 5.19. The zero-order valence-corrected chi connectivity index (χ0v) is 12.3. The lowest BCUT2D eigenvalue weighted by Gasteiger charge is -2.33. The van der Waals surface area contributed by atoms with Crippen molar-refractivity contribution in [2.45, 2.75) is 12.6 Å². The standard InChI is InChI=1S/C17H21N3O/c1-21-17-9-5-8-15(19-17)12-20-11-10-18-16(13-20)14-6-3-2-4-7-14/h2-9,16,18H,10-13H2,1H3. The van der Waals surface area contributed by atoms with Gasteiger partial charge in [-0.1, -0.05) is 36.4 Å². The summed E-state index contributed by atoms with van der Waals surface area (Å²) in [5, 5.41) is 3.59. The van der Waals surface area contributed by atoms with Gasteiger partial charge in [-0.05, 0) is 11.6 Å². The van der Waals surface area contributed by atoms with E-state index in [2.05, 4.69) is 51.6 Å². The highest BCUT2D eigenvalue weighted by Crippen LogP contribution is 2.18. The number of pyridine rings is 1. The predicted octanol–water partition coefficient (Wildman–Crippen LogP) is 2.24. The van der Waals surface area contributed by atoms with E-state index in [0.29, 0.717) is 11.9 Å². The highest BCUT2D eigenvalue weighted by molar-refractivity contribution is 5.20. The molecule has 1 saturated heterocycles.